The monoisotopic (exact) mass is 290 g/mol. The molecule has 0 spiro atoms. The Kier molecular flexibility index (Phi) is 5.82. The summed E-state index contributed by atoms with van der Waals surface area (Å²) in [4.78, 5) is 11.7. The predicted molar refractivity (Wildman–Crippen MR) is 67.8 cm³/mol. The van der Waals surface area contributed by atoms with E-state index < -0.39 is 6.36 Å². The summed E-state index contributed by atoms with van der Waals surface area (Å²) in [5.41, 5.74) is 5.61. The van der Waals surface area contributed by atoms with Crippen LogP contribution >= 0.6 is 0 Å². The Labute approximate surface area is 115 Å². The van der Waals surface area contributed by atoms with Crippen LogP contribution in [0.3, 0.4) is 0 Å². The molecule has 0 saturated heterocycles. The van der Waals surface area contributed by atoms with Crippen LogP contribution in [0.25, 0.3) is 0 Å². The van der Waals surface area contributed by atoms with E-state index in [0.29, 0.717) is 13.0 Å². The van der Waals surface area contributed by atoms with Crippen molar-refractivity contribution in [1.82, 2.24) is 5.32 Å². The van der Waals surface area contributed by atoms with Crippen LogP contribution in [0.5, 0.6) is 5.75 Å². The number of para-hydroxylation sites is 1. The lowest BCUT2D eigenvalue weighted by atomic mass is 10.1. The first-order valence-corrected chi connectivity index (χ1v) is 6.15. The zero-order chi connectivity index (χ0) is 15.2. The fourth-order valence-electron chi connectivity index (χ4n) is 1.61. The summed E-state index contributed by atoms with van der Waals surface area (Å²) in [6.07, 6.45) is -4.24. The molecule has 0 saturated carbocycles. The molecule has 0 aliphatic rings. The van der Waals surface area contributed by atoms with Crippen LogP contribution in [0.1, 0.15) is 18.9 Å². The zero-order valence-corrected chi connectivity index (χ0v) is 11.0. The Balaban J connectivity index is 2.66. The van der Waals surface area contributed by atoms with E-state index in [1.165, 1.54) is 18.2 Å². The van der Waals surface area contributed by atoms with Gasteiger partial charge in [0.1, 0.15) is 5.75 Å². The minimum Gasteiger partial charge on any atom is -0.405 e. The molecular weight excluding hydrogens is 273 g/mol. The number of carbonyl (C=O) groups excluding carboxylic acids is 1. The highest BCUT2D eigenvalue weighted by Gasteiger charge is 2.32. The Hall–Kier alpha value is -1.76. The molecule has 0 aromatic heterocycles. The number of hydrogen-bond donors (Lipinski definition) is 2. The molecule has 7 heteroatoms. The third-order valence-electron chi connectivity index (χ3n) is 2.70. The maximum absolute atomic E-state index is 12.2. The summed E-state index contributed by atoms with van der Waals surface area (Å²) in [5.74, 6) is -0.847. The van der Waals surface area contributed by atoms with Gasteiger partial charge in [-0.05, 0) is 19.0 Å². The van der Waals surface area contributed by atoms with Crippen molar-refractivity contribution in [2.45, 2.75) is 26.3 Å². The third-order valence-corrected chi connectivity index (χ3v) is 2.70. The van der Waals surface area contributed by atoms with Gasteiger partial charge in [-0.2, -0.15) is 0 Å². The number of carbonyl (C=O) groups is 1. The SMILES string of the molecule is CC(CCN)C(=O)NCc1ccccc1OC(F)(F)F. The molecule has 1 aromatic carbocycles. The van der Waals surface area contributed by atoms with Crippen molar-refractivity contribution in [3.8, 4) is 5.75 Å². The molecule has 20 heavy (non-hydrogen) atoms. The number of ether oxygens (including phenoxy) is 1. The molecule has 1 aromatic rings. The molecule has 1 unspecified atom stereocenters. The molecule has 4 nitrogen and oxygen atoms in total. The number of hydrogen-bond acceptors (Lipinski definition) is 3. The van der Waals surface area contributed by atoms with Gasteiger partial charge in [0.05, 0.1) is 0 Å². The smallest absolute Gasteiger partial charge is 0.405 e. The highest BCUT2D eigenvalue weighted by atomic mass is 19.4. The Morgan fingerprint density at radius 3 is 2.65 bits per heavy atom. The molecule has 0 radical (unpaired) electrons. The molecular formula is C13H17F3N2O2. The lowest BCUT2D eigenvalue weighted by Crippen LogP contribution is -2.30. The molecule has 0 fully saturated rings. The number of nitrogens with one attached hydrogen (secondary N) is 1. The first kappa shape index (κ1) is 16.3. The summed E-state index contributed by atoms with van der Waals surface area (Å²) in [7, 11) is 0. The average Bonchev–Trinajstić information content (AvgIpc) is 2.35. The molecule has 1 amide bonds. The van der Waals surface area contributed by atoms with Crippen molar-refractivity contribution in [3.05, 3.63) is 29.8 Å². The molecule has 0 aliphatic heterocycles. The Morgan fingerprint density at radius 1 is 1.40 bits per heavy atom. The van der Waals surface area contributed by atoms with E-state index in [0.717, 1.165) is 0 Å². The largest absolute Gasteiger partial charge is 0.573 e. The molecule has 1 rings (SSSR count). The highest BCUT2D eigenvalue weighted by Crippen LogP contribution is 2.26. The zero-order valence-electron chi connectivity index (χ0n) is 11.0. The fraction of sp³-hybridized carbons (Fsp3) is 0.462. The van der Waals surface area contributed by atoms with Gasteiger partial charge in [-0.15, -0.1) is 13.2 Å². The second-order valence-electron chi connectivity index (χ2n) is 4.35. The number of nitrogens with two attached hydrogens (primary N) is 1. The number of halogens is 3. The molecule has 0 aliphatic carbocycles. The van der Waals surface area contributed by atoms with Gasteiger partial charge < -0.3 is 15.8 Å². The van der Waals surface area contributed by atoms with Crippen LogP contribution < -0.4 is 15.8 Å². The number of benzene rings is 1. The van der Waals surface area contributed by atoms with Crippen molar-refractivity contribution < 1.29 is 22.7 Å². The van der Waals surface area contributed by atoms with Crippen molar-refractivity contribution in [2.24, 2.45) is 11.7 Å². The van der Waals surface area contributed by atoms with Gasteiger partial charge in [-0.25, -0.2) is 0 Å². The molecule has 112 valence electrons. The van der Waals surface area contributed by atoms with E-state index in [-0.39, 0.29) is 29.7 Å². The van der Waals surface area contributed by atoms with E-state index in [9.17, 15) is 18.0 Å². The fourth-order valence-corrected chi connectivity index (χ4v) is 1.61. The quantitative estimate of drug-likeness (QED) is 0.844. The van der Waals surface area contributed by atoms with Crippen molar-refractivity contribution in [3.63, 3.8) is 0 Å². The van der Waals surface area contributed by atoms with Crippen LogP contribution in [0.15, 0.2) is 24.3 Å². The first-order valence-electron chi connectivity index (χ1n) is 6.15. The van der Waals surface area contributed by atoms with Gasteiger partial charge in [0.25, 0.3) is 0 Å². The number of rotatable bonds is 6. The average molecular weight is 290 g/mol. The second-order valence-corrected chi connectivity index (χ2v) is 4.35. The molecule has 3 N–H and O–H groups in total. The maximum Gasteiger partial charge on any atom is 0.573 e. The van der Waals surface area contributed by atoms with Gasteiger partial charge in [0, 0.05) is 18.0 Å². The van der Waals surface area contributed by atoms with E-state index >= 15 is 0 Å². The lowest BCUT2D eigenvalue weighted by Gasteiger charge is -2.15. The summed E-state index contributed by atoms with van der Waals surface area (Å²) in [5, 5.41) is 2.57. The first-order chi connectivity index (χ1) is 9.33. The second kappa shape index (κ2) is 7.14. The normalized spacial score (nSPS) is 12.8. The van der Waals surface area contributed by atoms with Crippen LogP contribution in [-0.4, -0.2) is 18.8 Å². The van der Waals surface area contributed by atoms with Crippen LogP contribution in [0, 0.1) is 5.92 Å². The van der Waals surface area contributed by atoms with Gasteiger partial charge in [-0.3, -0.25) is 4.79 Å². The minimum atomic E-state index is -4.76. The van der Waals surface area contributed by atoms with Crippen molar-refractivity contribution in [2.75, 3.05) is 6.54 Å². The predicted octanol–water partition coefficient (Wildman–Crippen LogP) is 2.19. The van der Waals surface area contributed by atoms with Crippen LogP contribution in [-0.2, 0) is 11.3 Å². The van der Waals surface area contributed by atoms with Crippen LogP contribution in [0.4, 0.5) is 13.2 Å². The highest BCUT2D eigenvalue weighted by molar-refractivity contribution is 5.78. The van der Waals surface area contributed by atoms with Gasteiger partial charge in [-0.1, -0.05) is 25.1 Å². The van der Waals surface area contributed by atoms with Gasteiger partial charge >= 0.3 is 6.36 Å². The van der Waals surface area contributed by atoms with Crippen LogP contribution in [0.2, 0.25) is 0 Å². The Bertz CT molecular complexity index is 449. The standard InChI is InChI=1S/C13H17F3N2O2/c1-9(6-7-17)12(19)18-8-10-4-2-3-5-11(10)20-13(14,15)16/h2-5,9H,6-8,17H2,1H3,(H,18,19). The summed E-state index contributed by atoms with van der Waals surface area (Å²) in [6.45, 7) is 2.06. The minimum absolute atomic E-state index is 0.0278. The number of amides is 1. The topological polar surface area (TPSA) is 64.4 Å². The lowest BCUT2D eigenvalue weighted by molar-refractivity contribution is -0.274. The summed E-state index contributed by atoms with van der Waals surface area (Å²) in [6, 6.07) is 5.69. The van der Waals surface area contributed by atoms with E-state index in [1.807, 2.05) is 0 Å². The van der Waals surface area contributed by atoms with Crippen molar-refractivity contribution in [1.29, 1.82) is 0 Å². The Morgan fingerprint density at radius 2 is 2.05 bits per heavy atom. The van der Waals surface area contributed by atoms with E-state index in [4.69, 9.17) is 5.73 Å². The van der Waals surface area contributed by atoms with Gasteiger partial charge in [0.2, 0.25) is 5.91 Å². The van der Waals surface area contributed by atoms with E-state index in [1.54, 1.807) is 13.0 Å². The molecule has 0 bridgehead atoms. The summed E-state index contributed by atoms with van der Waals surface area (Å²) >= 11 is 0. The number of alkyl halides is 3. The molecule has 0 heterocycles. The third kappa shape index (κ3) is 5.48. The summed E-state index contributed by atoms with van der Waals surface area (Å²) < 4.78 is 40.6. The van der Waals surface area contributed by atoms with Crippen molar-refractivity contribution >= 4 is 5.91 Å². The molecule has 1 atom stereocenters. The van der Waals surface area contributed by atoms with Gasteiger partial charge in [0.15, 0.2) is 0 Å². The maximum atomic E-state index is 12.2. The van der Waals surface area contributed by atoms with E-state index in [2.05, 4.69) is 10.1 Å².